The van der Waals surface area contributed by atoms with Crippen LogP contribution in [0.1, 0.15) is 15.9 Å². The maximum atomic E-state index is 12.2. The fraction of sp³-hybridized carbons (Fsp3) is 0.200. The Hall–Kier alpha value is -2.41. The summed E-state index contributed by atoms with van der Waals surface area (Å²) in [5, 5.41) is 12.4. The monoisotopic (exact) mass is 313 g/mol. The van der Waals surface area contributed by atoms with Crippen LogP contribution >= 0.6 is 11.8 Å². The maximum Gasteiger partial charge on any atom is 0.214 e. The van der Waals surface area contributed by atoms with Gasteiger partial charge in [-0.2, -0.15) is 4.68 Å². The lowest BCUT2D eigenvalue weighted by molar-refractivity contribution is 0.102. The quantitative estimate of drug-likeness (QED) is 0.534. The van der Waals surface area contributed by atoms with Gasteiger partial charge in [0, 0.05) is 25.0 Å². The van der Waals surface area contributed by atoms with Gasteiger partial charge < -0.3 is 4.57 Å². The van der Waals surface area contributed by atoms with Crippen LogP contribution in [-0.4, -0.2) is 36.3 Å². The van der Waals surface area contributed by atoms with Crippen molar-refractivity contribution in [1.29, 1.82) is 0 Å². The van der Waals surface area contributed by atoms with E-state index in [1.165, 1.54) is 11.8 Å². The molecule has 0 saturated heterocycles. The molecule has 0 N–H and O–H groups in total. The summed E-state index contributed by atoms with van der Waals surface area (Å²) in [6.07, 6.45) is 3.67. The summed E-state index contributed by atoms with van der Waals surface area (Å²) in [6, 6.07) is 9.67. The van der Waals surface area contributed by atoms with E-state index in [2.05, 4.69) is 15.5 Å². The molecule has 0 fully saturated rings. The molecule has 0 aliphatic rings. The molecule has 0 aliphatic heterocycles. The summed E-state index contributed by atoms with van der Waals surface area (Å²) in [7, 11) is 1.89. The van der Waals surface area contributed by atoms with Crippen molar-refractivity contribution in [3.63, 3.8) is 0 Å². The average Bonchev–Trinajstić information content (AvgIpc) is 3.14. The minimum atomic E-state index is 0.0601. The smallest absolute Gasteiger partial charge is 0.214 e. The molecule has 2 aromatic heterocycles. The minimum Gasteiger partial charge on any atom is -0.357 e. The first-order valence-corrected chi connectivity index (χ1v) is 7.76. The summed E-state index contributed by atoms with van der Waals surface area (Å²) in [5.41, 5.74) is 2.69. The predicted molar refractivity (Wildman–Crippen MR) is 84.4 cm³/mol. The van der Waals surface area contributed by atoms with E-state index in [1.54, 1.807) is 4.68 Å². The van der Waals surface area contributed by atoms with Crippen LogP contribution in [0.15, 0.2) is 47.9 Å². The van der Waals surface area contributed by atoms with Gasteiger partial charge in [-0.15, -0.1) is 5.10 Å². The number of nitrogens with zero attached hydrogens (tertiary/aromatic N) is 5. The van der Waals surface area contributed by atoms with Crippen molar-refractivity contribution >= 4 is 17.5 Å². The van der Waals surface area contributed by atoms with E-state index < -0.39 is 0 Å². The van der Waals surface area contributed by atoms with E-state index in [9.17, 15) is 4.79 Å². The second kappa shape index (κ2) is 6.15. The summed E-state index contributed by atoms with van der Waals surface area (Å²) >= 11 is 1.34. The molecule has 3 aromatic rings. The molecule has 0 radical (unpaired) electrons. The van der Waals surface area contributed by atoms with Gasteiger partial charge >= 0.3 is 0 Å². The van der Waals surface area contributed by atoms with Gasteiger partial charge in [-0.1, -0.05) is 30.0 Å². The van der Waals surface area contributed by atoms with Crippen LogP contribution < -0.4 is 0 Å². The molecule has 0 aliphatic carbocycles. The first-order valence-electron chi connectivity index (χ1n) is 6.77. The standard InChI is InChI=1S/C15H15N5OS/c1-11-5-3-4-6-13(11)20-15(16-17-18-20)22-10-14(21)12-7-8-19(2)9-12/h3-9H,10H2,1-2H3. The van der Waals surface area contributed by atoms with E-state index in [1.807, 2.05) is 61.3 Å². The number of benzene rings is 1. The zero-order valence-corrected chi connectivity index (χ0v) is 13.1. The molecule has 1 aromatic carbocycles. The third-order valence-electron chi connectivity index (χ3n) is 3.27. The van der Waals surface area contributed by atoms with Crippen molar-refractivity contribution in [2.45, 2.75) is 12.1 Å². The molecule has 2 heterocycles. The molecule has 112 valence electrons. The molecule has 0 spiro atoms. The number of rotatable bonds is 5. The van der Waals surface area contributed by atoms with Crippen LogP contribution in [0.25, 0.3) is 5.69 Å². The Kier molecular flexibility index (Phi) is 4.06. The minimum absolute atomic E-state index is 0.0601. The third-order valence-corrected chi connectivity index (χ3v) is 4.19. The van der Waals surface area contributed by atoms with Crippen molar-refractivity contribution in [3.05, 3.63) is 53.9 Å². The van der Waals surface area contributed by atoms with Crippen molar-refractivity contribution in [2.75, 3.05) is 5.75 Å². The van der Waals surface area contributed by atoms with Crippen LogP contribution in [0.4, 0.5) is 0 Å². The van der Waals surface area contributed by atoms with Gasteiger partial charge in [0.25, 0.3) is 0 Å². The number of Topliss-reactive ketones (excluding diaryl/α,β-unsaturated/α-hetero) is 1. The van der Waals surface area contributed by atoms with Gasteiger partial charge in [0.05, 0.1) is 11.4 Å². The van der Waals surface area contributed by atoms with Gasteiger partial charge in [-0.3, -0.25) is 4.79 Å². The second-order valence-corrected chi connectivity index (χ2v) is 5.88. The second-order valence-electron chi connectivity index (χ2n) is 4.94. The number of thioether (sulfide) groups is 1. The van der Waals surface area contributed by atoms with E-state index >= 15 is 0 Å². The number of carbonyl (C=O) groups is 1. The number of ketones is 1. The Morgan fingerprint density at radius 1 is 1.27 bits per heavy atom. The number of carbonyl (C=O) groups excluding carboxylic acids is 1. The summed E-state index contributed by atoms with van der Waals surface area (Å²) in [5.74, 6) is 0.362. The van der Waals surface area contributed by atoms with Crippen LogP contribution in [0.5, 0.6) is 0 Å². The molecule has 22 heavy (non-hydrogen) atoms. The normalized spacial score (nSPS) is 10.8. The fourth-order valence-corrected chi connectivity index (χ4v) is 2.88. The van der Waals surface area contributed by atoms with Gasteiger partial charge in [0.15, 0.2) is 5.78 Å². The molecule has 0 amide bonds. The van der Waals surface area contributed by atoms with Gasteiger partial charge in [-0.05, 0) is 35.0 Å². The highest BCUT2D eigenvalue weighted by atomic mass is 32.2. The van der Waals surface area contributed by atoms with Crippen molar-refractivity contribution in [3.8, 4) is 5.69 Å². The van der Waals surface area contributed by atoms with Crippen LogP contribution in [-0.2, 0) is 7.05 Å². The molecule has 3 rings (SSSR count). The number of aryl methyl sites for hydroxylation is 2. The highest BCUT2D eigenvalue weighted by molar-refractivity contribution is 7.99. The van der Waals surface area contributed by atoms with E-state index in [0.29, 0.717) is 16.5 Å². The Balaban J connectivity index is 1.76. The van der Waals surface area contributed by atoms with Crippen LogP contribution in [0.3, 0.4) is 0 Å². The summed E-state index contributed by atoms with van der Waals surface area (Å²) in [4.78, 5) is 12.2. The topological polar surface area (TPSA) is 65.6 Å². The molecule has 0 atom stereocenters. The largest absolute Gasteiger partial charge is 0.357 e. The van der Waals surface area contributed by atoms with Gasteiger partial charge in [-0.25, -0.2) is 0 Å². The van der Waals surface area contributed by atoms with E-state index in [4.69, 9.17) is 0 Å². The Morgan fingerprint density at radius 2 is 2.09 bits per heavy atom. The number of hydrogen-bond donors (Lipinski definition) is 0. The number of para-hydroxylation sites is 1. The molecular weight excluding hydrogens is 298 g/mol. The zero-order valence-electron chi connectivity index (χ0n) is 12.3. The van der Waals surface area contributed by atoms with Gasteiger partial charge in [0.2, 0.25) is 5.16 Å². The molecule has 0 saturated carbocycles. The number of hydrogen-bond acceptors (Lipinski definition) is 5. The van der Waals surface area contributed by atoms with Crippen molar-refractivity contribution in [1.82, 2.24) is 24.8 Å². The first kappa shape index (κ1) is 14.5. The number of aromatic nitrogens is 5. The molecule has 7 heteroatoms. The fourth-order valence-electron chi connectivity index (χ4n) is 2.10. The third kappa shape index (κ3) is 2.94. The lowest BCUT2D eigenvalue weighted by atomic mass is 10.2. The lowest BCUT2D eigenvalue weighted by Crippen LogP contribution is -2.05. The lowest BCUT2D eigenvalue weighted by Gasteiger charge is -2.06. The van der Waals surface area contributed by atoms with E-state index in [0.717, 1.165) is 11.3 Å². The Bertz CT molecular complexity index is 808. The molecule has 6 nitrogen and oxygen atoms in total. The van der Waals surface area contributed by atoms with E-state index in [-0.39, 0.29) is 5.78 Å². The predicted octanol–water partition coefficient (Wildman–Crippen LogP) is 2.28. The first-order chi connectivity index (χ1) is 10.6. The molecular formula is C15H15N5OS. The molecule has 0 bridgehead atoms. The van der Waals surface area contributed by atoms with Crippen LogP contribution in [0.2, 0.25) is 0 Å². The zero-order chi connectivity index (χ0) is 15.5. The summed E-state index contributed by atoms with van der Waals surface area (Å²) < 4.78 is 3.52. The Morgan fingerprint density at radius 3 is 2.82 bits per heavy atom. The average molecular weight is 313 g/mol. The highest BCUT2D eigenvalue weighted by Crippen LogP contribution is 2.21. The Labute approximate surface area is 132 Å². The van der Waals surface area contributed by atoms with Crippen LogP contribution in [0, 0.1) is 6.92 Å². The van der Waals surface area contributed by atoms with Crippen molar-refractivity contribution < 1.29 is 4.79 Å². The maximum absolute atomic E-state index is 12.2. The highest BCUT2D eigenvalue weighted by Gasteiger charge is 2.14. The number of tetrazole rings is 1. The van der Waals surface area contributed by atoms with Crippen molar-refractivity contribution in [2.24, 2.45) is 7.05 Å². The van der Waals surface area contributed by atoms with Gasteiger partial charge in [0.1, 0.15) is 0 Å². The molecule has 0 unspecified atom stereocenters. The SMILES string of the molecule is Cc1ccccc1-n1nnnc1SCC(=O)c1ccn(C)c1. The summed E-state index contributed by atoms with van der Waals surface area (Å²) in [6.45, 7) is 2.00.